The van der Waals surface area contributed by atoms with Crippen LogP contribution >= 0.6 is 11.6 Å². The Morgan fingerprint density at radius 1 is 1.36 bits per heavy atom. The quantitative estimate of drug-likeness (QED) is 0.489. The summed E-state index contributed by atoms with van der Waals surface area (Å²) in [7, 11) is 0. The van der Waals surface area contributed by atoms with Crippen LogP contribution in [0.15, 0.2) is 10.0 Å². The van der Waals surface area contributed by atoms with Crippen molar-refractivity contribution in [3.63, 3.8) is 0 Å². The number of hydrogen-bond acceptors (Lipinski definition) is 0. The maximum absolute atomic E-state index is 5.87. The zero-order valence-corrected chi connectivity index (χ0v) is 9.87. The molecule has 0 aliphatic heterocycles. The van der Waals surface area contributed by atoms with Gasteiger partial charge in [0, 0.05) is 0 Å². The summed E-state index contributed by atoms with van der Waals surface area (Å²) in [6.07, 6.45) is 8.69. The maximum atomic E-state index is 5.87. The molecule has 0 aromatic rings. The molecule has 0 aliphatic carbocycles. The Labute approximate surface area is 81.6 Å². The van der Waals surface area contributed by atoms with Gasteiger partial charge in [0.1, 0.15) is 0 Å². The molecule has 0 spiro atoms. The SMILES string of the molecule is CCCCCC/C=C(\Cl)[Se]C. The van der Waals surface area contributed by atoms with Crippen LogP contribution in [-0.4, -0.2) is 15.0 Å². The molecule has 0 aromatic heterocycles. The Balaban J connectivity index is 3.12. The molecule has 2 heteroatoms. The van der Waals surface area contributed by atoms with Crippen LogP contribution < -0.4 is 0 Å². The molecule has 0 atom stereocenters. The molecular weight excluding hydrogens is 223 g/mol. The number of halogens is 1. The van der Waals surface area contributed by atoms with Gasteiger partial charge in [0.2, 0.25) is 0 Å². The van der Waals surface area contributed by atoms with Crippen molar-refractivity contribution < 1.29 is 0 Å². The van der Waals surface area contributed by atoms with Crippen LogP contribution in [0.5, 0.6) is 0 Å². The van der Waals surface area contributed by atoms with Crippen molar-refractivity contribution in [1.82, 2.24) is 0 Å². The van der Waals surface area contributed by atoms with E-state index in [2.05, 4.69) is 18.8 Å². The summed E-state index contributed by atoms with van der Waals surface area (Å²) in [6, 6.07) is 0. The summed E-state index contributed by atoms with van der Waals surface area (Å²) in [5.74, 6) is 2.15. The van der Waals surface area contributed by atoms with Crippen LogP contribution in [-0.2, 0) is 0 Å². The van der Waals surface area contributed by atoms with E-state index in [1.165, 1.54) is 32.1 Å². The normalized spacial score (nSPS) is 12.1. The first kappa shape index (κ1) is 11.5. The van der Waals surface area contributed by atoms with E-state index in [-0.39, 0.29) is 0 Å². The summed E-state index contributed by atoms with van der Waals surface area (Å²) >= 11 is 6.37. The van der Waals surface area contributed by atoms with Crippen molar-refractivity contribution in [2.75, 3.05) is 0 Å². The van der Waals surface area contributed by atoms with Gasteiger partial charge in [-0.2, -0.15) is 0 Å². The Hall–Kier alpha value is 0.549. The second-order valence-corrected chi connectivity index (χ2v) is 5.26. The van der Waals surface area contributed by atoms with Crippen LogP contribution in [0, 0.1) is 0 Å². The van der Waals surface area contributed by atoms with Gasteiger partial charge in [-0.25, -0.2) is 0 Å². The van der Waals surface area contributed by atoms with E-state index in [1.807, 2.05) is 0 Å². The summed E-state index contributed by atoms with van der Waals surface area (Å²) in [4.78, 5) is 0. The summed E-state index contributed by atoms with van der Waals surface area (Å²) in [5.41, 5.74) is 0. The first-order valence-corrected chi connectivity index (χ1v) is 7.15. The molecule has 0 saturated heterocycles. The minimum atomic E-state index is 0.506. The van der Waals surface area contributed by atoms with Gasteiger partial charge >= 0.3 is 81.4 Å². The molecule has 0 aromatic carbocycles. The fourth-order valence-electron chi connectivity index (χ4n) is 0.870. The fourth-order valence-corrected chi connectivity index (χ4v) is 1.58. The van der Waals surface area contributed by atoms with Crippen LogP contribution in [0.25, 0.3) is 0 Å². The molecule has 0 saturated carbocycles. The molecule has 0 aliphatic rings. The van der Waals surface area contributed by atoms with Gasteiger partial charge in [-0.1, -0.05) is 0 Å². The summed E-state index contributed by atoms with van der Waals surface area (Å²) in [5, 5.41) is 0. The topological polar surface area (TPSA) is 0 Å². The number of unbranched alkanes of at least 4 members (excludes halogenated alkanes) is 4. The van der Waals surface area contributed by atoms with Crippen LogP contribution in [0.3, 0.4) is 0 Å². The predicted molar refractivity (Wildman–Crippen MR) is 54.3 cm³/mol. The van der Waals surface area contributed by atoms with Crippen molar-refractivity contribution in [2.24, 2.45) is 0 Å². The van der Waals surface area contributed by atoms with Gasteiger partial charge < -0.3 is 0 Å². The van der Waals surface area contributed by atoms with Crippen molar-refractivity contribution in [3.8, 4) is 0 Å². The van der Waals surface area contributed by atoms with E-state index in [1.54, 1.807) is 0 Å². The monoisotopic (exact) mass is 240 g/mol. The van der Waals surface area contributed by atoms with E-state index in [9.17, 15) is 0 Å². The van der Waals surface area contributed by atoms with E-state index in [0.29, 0.717) is 15.0 Å². The fraction of sp³-hybridized carbons (Fsp3) is 0.778. The Bertz CT molecular complexity index is 110. The number of rotatable bonds is 6. The standard InChI is InChI=1S/C9H17ClSe/c1-3-4-5-6-7-8-9(10)11-2/h8H,3-7H2,1-2H3/b9-8+. The number of allylic oxidation sites excluding steroid dienone is 1. The van der Waals surface area contributed by atoms with Crippen molar-refractivity contribution >= 4 is 26.6 Å². The first-order chi connectivity index (χ1) is 5.31. The summed E-state index contributed by atoms with van der Waals surface area (Å²) < 4.78 is 1.08. The van der Waals surface area contributed by atoms with Crippen molar-refractivity contribution in [2.45, 2.75) is 44.9 Å². The molecular formula is C9H17ClSe. The average molecular weight is 240 g/mol. The average Bonchev–Trinajstić information content (AvgIpc) is 2.04. The van der Waals surface area contributed by atoms with Gasteiger partial charge in [0.05, 0.1) is 0 Å². The number of hydrogen-bond donors (Lipinski definition) is 0. The molecule has 0 amide bonds. The Morgan fingerprint density at radius 3 is 2.64 bits per heavy atom. The predicted octanol–water partition coefficient (Wildman–Crippen LogP) is 3.79. The van der Waals surface area contributed by atoms with Crippen molar-refractivity contribution in [3.05, 3.63) is 10.0 Å². The van der Waals surface area contributed by atoms with Gasteiger partial charge in [0.25, 0.3) is 0 Å². The molecule has 0 nitrogen and oxygen atoms in total. The molecule has 0 rings (SSSR count). The molecule has 0 heterocycles. The molecule has 0 unspecified atom stereocenters. The molecule has 0 N–H and O–H groups in total. The van der Waals surface area contributed by atoms with Crippen molar-refractivity contribution in [1.29, 1.82) is 0 Å². The van der Waals surface area contributed by atoms with Crippen LogP contribution in [0.1, 0.15) is 39.0 Å². The van der Waals surface area contributed by atoms with Gasteiger partial charge in [-0.3, -0.25) is 0 Å². The van der Waals surface area contributed by atoms with Crippen LogP contribution in [0.4, 0.5) is 0 Å². The zero-order valence-electron chi connectivity index (χ0n) is 7.40. The molecule has 66 valence electrons. The van der Waals surface area contributed by atoms with E-state index in [4.69, 9.17) is 11.6 Å². The first-order valence-electron chi connectivity index (χ1n) is 4.21. The second kappa shape index (κ2) is 8.64. The third-order valence-electron chi connectivity index (χ3n) is 1.56. The van der Waals surface area contributed by atoms with E-state index < -0.39 is 0 Å². The van der Waals surface area contributed by atoms with Crippen LogP contribution in [0.2, 0.25) is 5.82 Å². The molecule has 11 heavy (non-hydrogen) atoms. The Kier molecular flexibility index (Phi) is 9.08. The molecule has 0 bridgehead atoms. The second-order valence-electron chi connectivity index (χ2n) is 2.56. The van der Waals surface area contributed by atoms with Gasteiger partial charge in [-0.15, -0.1) is 0 Å². The zero-order chi connectivity index (χ0) is 8.53. The Morgan fingerprint density at radius 2 is 2.09 bits per heavy atom. The molecule has 0 fully saturated rings. The van der Waals surface area contributed by atoms with Gasteiger partial charge in [-0.05, 0) is 0 Å². The van der Waals surface area contributed by atoms with E-state index in [0.717, 1.165) is 3.93 Å². The third-order valence-corrected chi connectivity index (χ3v) is 3.68. The molecule has 0 radical (unpaired) electrons. The third kappa shape index (κ3) is 8.46. The summed E-state index contributed by atoms with van der Waals surface area (Å²) in [6.45, 7) is 2.23. The minimum absolute atomic E-state index is 0.506. The van der Waals surface area contributed by atoms with E-state index >= 15 is 0 Å². The van der Waals surface area contributed by atoms with Gasteiger partial charge in [0.15, 0.2) is 0 Å².